The molecule has 2 nitrogen and oxygen atoms in total. The molecule has 0 fully saturated rings. The summed E-state index contributed by atoms with van der Waals surface area (Å²) < 4.78 is 6.94. The van der Waals surface area contributed by atoms with Gasteiger partial charge in [-0.15, -0.1) is 0 Å². The number of hydrogen-bond acceptors (Lipinski definition) is 2. The SMILES string of the molecule is c1ccc(C2(c3ccccc3)c3ccccc3-c3c(N(c4ccc(-c5ccc(-c6cccc7ccccc67)cc5)cc4)c4ccccc4-c4cccc5c4oc4cc6ccccc6cc45)cccc32)cc1. The van der Waals surface area contributed by atoms with Gasteiger partial charge in [0.25, 0.3) is 0 Å². The predicted octanol–water partition coefficient (Wildman–Crippen LogP) is 18.7. The third kappa shape index (κ3) is 6.42. The van der Waals surface area contributed by atoms with E-state index in [0.717, 1.165) is 61.1 Å². The summed E-state index contributed by atoms with van der Waals surface area (Å²) in [5.74, 6) is 0. The van der Waals surface area contributed by atoms with Crippen LogP contribution in [-0.4, -0.2) is 0 Å². The second-order valence-electron chi connectivity index (χ2n) is 18.7. The van der Waals surface area contributed by atoms with Gasteiger partial charge in [-0.1, -0.05) is 237 Å². The van der Waals surface area contributed by atoms with Crippen LogP contribution in [0.15, 0.2) is 277 Å². The van der Waals surface area contributed by atoms with Crippen molar-refractivity contribution in [1.82, 2.24) is 0 Å². The first kappa shape index (κ1) is 40.8. The summed E-state index contributed by atoms with van der Waals surface area (Å²) in [7, 11) is 0. The Balaban J connectivity index is 0.979. The second kappa shape index (κ2) is 16.5. The van der Waals surface area contributed by atoms with Gasteiger partial charge < -0.3 is 9.32 Å². The first-order valence-electron chi connectivity index (χ1n) is 24.5. The molecule has 0 bridgehead atoms. The zero-order valence-corrected chi connectivity index (χ0v) is 38.8. The van der Waals surface area contributed by atoms with E-state index in [1.807, 2.05) is 0 Å². The van der Waals surface area contributed by atoms with Gasteiger partial charge in [0.1, 0.15) is 11.2 Å². The van der Waals surface area contributed by atoms with Gasteiger partial charge in [0, 0.05) is 33.2 Å². The van der Waals surface area contributed by atoms with E-state index in [9.17, 15) is 0 Å². The standard InChI is InChI=1S/C69H45NO/c1-3-22-52(23-4-1)69(53-24-5-2-6-25-53)62-32-13-11-28-60(62)67-63(69)33-17-35-65(67)70(54-42-40-47(41-43-54)46-36-38-49(39-37-46)56-29-15-21-48-18-9-10-26-55(48)56)64-34-14-12-27-57(64)58-30-16-31-59-61-44-50-19-7-8-20-51(50)45-66(61)71-68(58)59/h1-45H. The van der Waals surface area contributed by atoms with Crippen molar-refractivity contribution in [2.75, 3.05) is 4.90 Å². The first-order valence-corrected chi connectivity index (χ1v) is 24.5. The molecular weight excluding hydrogens is 859 g/mol. The lowest BCUT2D eigenvalue weighted by Crippen LogP contribution is -2.28. The molecule has 1 aliphatic carbocycles. The lowest BCUT2D eigenvalue weighted by Gasteiger charge is -2.34. The van der Waals surface area contributed by atoms with E-state index in [2.05, 4.69) is 278 Å². The number of furan rings is 1. The molecular formula is C69H45NO. The number of hydrogen-bond donors (Lipinski definition) is 0. The number of anilines is 3. The van der Waals surface area contributed by atoms with Gasteiger partial charge in [-0.2, -0.15) is 0 Å². The lowest BCUT2D eigenvalue weighted by molar-refractivity contribution is 0.670. The summed E-state index contributed by atoms with van der Waals surface area (Å²) in [5, 5.41) is 7.09. The van der Waals surface area contributed by atoms with Gasteiger partial charge in [0.2, 0.25) is 0 Å². The van der Waals surface area contributed by atoms with Crippen LogP contribution in [0.25, 0.3) is 88.0 Å². The third-order valence-electron chi connectivity index (χ3n) is 14.9. The van der Waals surface area contributed by atoms with Crippen molar-refractivity contribution in [3.8, 4) is 44.5 Å². The summed E-state index contributed by atoms with van der Waals surface area (Å²) in [6.07, 6.45) is 0. The van der Waals surface area contributed by atoms with E-state index in [1.165, 1.54) is 66.2 Å². The quantitative estimate of drug-likeness (QED) is 0.151. The topological polar surface area (TPSA) is 16.4 Å². The van der Waals surface area contributed by atoms with Crippen LogP contribution < -0.4 is 4.90 Å². The Bertz CT molecular complexity index is 4110. The highest BCUT2D eigenvalue weighted by Crippen LogP contribution is 2.60. The van der Waals surface area contributed by atoms with Crippen LogP contribution in [0.1, 0.15) is 22.3 Å². The molecule has 0 N–H and O–H groups in total. The van der Waals surface area contributed by atoms with Crippen LogP contribution in [-0.2, 0) is 5.41 Å². The average Bonchev–Trinajstić information content (AvgIpc) is 3.97. The van der Waals surface area contributed by atoms with Gasteiger partial charge >= 0.3 is 0 Å². The normalized spacial score (nSPS) is 12.6. The molecule has 0 amide bonds. The van der Waals surface area contributed by atoms with Crippen LogP contribution in [0.3, 0.4) is 0 Å². The Kier molecular flexibility index (Phi) is 9.47. The van der Waals surface area contributed by atoms with Crippen molar-refractivity contribution in [2.45, 2.75) is 5.41 Å². The monoisotopic (exact) mass is 903 g/mol. The molecule has 0 spiro atoms. The molecule has 71 heavy (non-hydrogen) atoms. The summed E-state index contributed by atoms with van der Waals surface area (Å²) in [6, 6.07) is 99.8. The Hall–Kier alpha value is -9.24. The van der Waals surface area contributed by atoms with E-state index >= 15 is 0 Å². The Morgan fingerprint density at radius 1 is 0.310 bits per heavy atom. The van der Waals surface area contributed by atoms with E-state index < -0.39 is 5.41 Å². The molecule has 0 atom stereocenters. The molecule has 1 heterocycles. The van der Waals surface area contributed by atoms with E-state index in [4.69, 9.17) is 4.42 Å². The van der Waals surface area contributed by atoms with Crippen molar-refractivity contribution >= 4 is 60.5 Å². The molecule has 0 saturated carbocycles. The van der Waals surface area contributed by atoms with Crippen LogP contribution in [0.4, 0.5) is 17.1 Å². The van der Waals surface area contributed by atoms with Gasteiger partial charge in [-0.3, -0.25) is 0 Å². The minimum atomic E-state index is -0.554. The molecule has 332 valence electrons. The number of nitrogens with zero attached hydrogens (tertiary/aromatic N) is 1. The Morgan fingerprint density at radius 3 is 1.58 bits per heavy atom. The fraction of sp³-hybridized carbons (Fsp3) is 0.0145. The van der Waals surface area contributed by atoms with Gasteiger partial charge in [0.05, 0.1) is 16.8 Å². The number of para-hydroxylation sites is 2. The highest BCUT2D eigenvalue weighted by Gasteiger charge is 2.47. The van der Waals surface area contributed by atoms with Crippen LogP contribution >= 0.6 is 0 Å². The molecule has 1 aliphatic rings. The maximum atomic E-state index is 6.94. The third-order valence-corrected chi connectivity index (χ3v) is 14.9. The van der Waals surface area contributed by atoms with Crippen molar-refractivity contribution in [2.24, 2.45) is 0 Å². The number of fused-ring (bicyclic) bond motifs is 8. The highest BCUT2D eigenvalue weighted by atomic mass is 16.3. The van der Waals surface area contributed by atoms with Crippen LogP contribution in [0, 0.1) is 0 Å². The van der Waals surface area contributed by atoms with E-state index in [1.54, 1.807) is 0 Å². The minimum absolute atomic E-state index is 0.554. The summed E-state index contributed by atoms with van der Waals surface area (Å²) in [6.45, 7) is 0. The zero-order chi connectivity index (χ0) is 46.9. The largest absolute Gasteiger partial charge is 0.455 e. The predicted molar refractivity (Wildman–Crippen MR) is 297 cm³/mol. The van der Waals surface area contributed by atoms with Crippen molar-refractivity contribution in [3.63, 3.8) is 0 Å². The van der Waals surface area contributed by atoms with Crippen molar-refractivity contribution in [3.05, 3.63) is 295 Å². The van der Waals surface area contributed by atoms with Gasteiger partial charge in [0.15, 0.2) is 0 Å². The summed E-state index contributed by atoms with van der Waals surface area (Å²) in [4.78, 5) is 2.49. The lowest BCUT2D eigenvalue weighted by atomic mass is 9.68. The minimum Gasteiger partial charge on any atom is -0.455 e. The smallest absolute Gasteiger partial charge is 0.143 e. The number of rotatable bonds is 8. The molecule has 2 heteroatoms. The molecule has 13 aromatic rings. The zero-order valence-electron chi connectivity index (χ0n) is 38.8. The fourth-order valence-corrected chi connectivity index (χ4v) is 11.8. The Morgan fingerprint density at radius 2 is 0.817 bits per heavy atom. The highest BCUT2D eigenvalue weighted by molar-refractivity contribution is 6.14. The van der Waals surface area contributed by atoms with E-state index in [-0.39, 0.29) is 0 Å². The van der Waals surface area contributed by atoms with Crippen LogP contribution in [0.5, 0.6) is 0 Å². The first-order chi connectivity index (χ1) is 35.2. The van der Waals surface area contributed by atoms with Gasteiger partial charge in [-0.25, -0.2) is 0 Å². The Labute approximate surface area is 413 Å². The molecule has 12 aromatic carbocycles. The van der Waals surface area contributed by atoms with Crippen LogP contribution in [0.2, 0.25) is 0 Å². The molecule has 0 radical (unpaired) electrons. The molecule has 0 unspecified atom stereocenters. The summed E-state index contributed by atoms with van der Waals surface area (Å²) >= 11 is 0. The van der Waals surface area contributed by atoms with E-state index in [0.29, 0.717) is 0 Å². The molecule has 0 aliphatic heterocycles. The molecule has 1 aromatic heterocycles. The van der Waals surface area contributed by atoms with Gasteiger partial charge in [-0.05, 0) is 108 Å². The fourth-order valence-electron chi connectivity index (χ4n) is 11.8. The maximum Gasteiger partial charge on any atom is 0.143 e. The maximum absolute atomic E-state index is 6.94. The van der Waals surface area contributed by atoms with Crippen molar-refractivity contribution < 1.29 is 4.42 Å². The second-order valence-corrected chi connectivity index (χ2v) is 18.7. The number of benzene rings is 12. The summed E-state index contributed by atoms with van der Waals surface area (Å²) in [5.41, 5.74) is 18.8. The average molecular weight is 904 g/mol. The molecule has 0 saturated heterocycles. The molecule has 14 rings (SSSR count). The van der Waals surface area contributed by atoms with Crippen molar-refractivity contribution in [1.29, 1.82) is 0 Å².